The summed E-state index contributed by atoms with van der Waals surface area (Å²) in [6.07, 6.45) is -0.909. The molecule has 1 aliphatic carbocycles. The van der Waals surface area contributed by atoms with E-state index in [9.17, 15) is 18.4 Å². The SMILES string of the molecule is CC(C)(C)OC(=O)N1CC[C@@]2(C(=O)O)[C@H](C1)C2(F)F. The number of amides is 1. The van der Waals surface area contributed by atoms with Crippen molar-refractivity contribution in [2.75, 3.05) is 13.1 Å². The molecule has 1 saturated heterocycles. The summed E-state index contributed by atoms with van der Waals surface area (Å²) in [6.45, 7) is 4.76. The van der Waals surface area contributed by atoms with Gasteiger partial charge in [0, 0.05) is 13.1 Å². The van der Waals surface area contributed by atoms with Gasteiger partial charge in [-0.25, -0.2) is 13.6 Å². The van der Waals surface area contributed by atoms with Gasteiger partial charge in [0.15, 0.2) is 0 Å². The predicted molar refractivity (Wildman–Crippen MR) is 60.9 cm³/mol. The second kappa shape index (κ2) is 3.80. The van der Waals surface area contributed by atoms with Gasteiger partial charge >= 0.3 is 12.1 Å². The van der Waals surface area contributed by atoms with Gasteiger partial charge in [-0.05, 0) is 27.2 Å². The number of piperidine rings is 1. The Labute approximate surface area is 109 Å². The molecule has 1 heterocycles. The molecule has 1 aliphatic heterocycles. The second-order valence-electron chi connectivity index (χ2n) is 6.13. The van der Waals surface area contributed by atoms with E-state index in [-0.39, 0.29) is 19.5 Å². The lowest BCUT2D eigenvalue weighted by Crippen LogP contribution is -2.43. The number of alkyl halides is 2. The van der Waals surface area contributed by atoms with Crippen LogP contribution in [-0.4, -0.2) is 46.7 Å². The van der Waals surface area contributed by atoms with Crippen LogP contribution in [0.25, 0.3) is 0 Å². The van der Waals surface area contributed by atoms with Crippen LogP contribution in [0.15, 0.2) is 0 Å². The van der Waals surface area contributed by atoms with Crippen molar-refractivity contribution in [2.45, 2.75) is 38.7 Å². The number of carboxylic acid groups (broad SMARTS) is 1. The maximum Gasteiger partial charge on any atom is 0.410 e. The number of carboxylic acids is 1. The molecule has 2 atom stereocenters. The number of carbonyl (C=O) groups is 2. The fourth-order valence-electron chi connectivity index (χ4n) is 2.66. The third-order valence-corrected chi connectivity index (χ3v) is 3.76. The number of ether oxygens (including phenoxy) is 1. The molecule has 0 aromatic carbocycles. The lowest BCUT2D eigenvalue weighted by molar-refractivity contribution is -0.149. The van der Waals surface area contributed by atoms with Gasteiger partial charge in [-0.2, -0.15) is 0 Å². The van der Waals surface area contributed by atoms with Crippen LogP contribution < -0.4 is 0 Å². The number of rotatable bonds is 1. The van der Waals surface area contributed by atoms with E-state index < -0.39 is 34.9 Å². The number of carbonyl (C=O) groups excluding carboxylic acids is 1. The minimum absolute atomic E-state index is 0.0205. The first-order valence-corrected chi connectivity index (χ1v) is 6.11. The van der Waals surface area contributed by atoms with Crippen LogP contribution in [0, 0.1) is 11.3 Å². The van der Waals surface area contributed by atoms with Crippen molar-refractivity contribution in [3.05, 3.63) is 0 Å². The highest BCUT2D eigenvalue weighted by molar-refractivity contribution is 5.82. The van der Waals surface area contributed by atoms with Gasteiger partial charge in [-0.15, -0.1) is 0 Å². The molecular formula is C12H17F2NO4. The van der Waals surface area contributed by atoms with E-state index in [4.69, 9.17) is 9.84 Å². The zero-order valence-corrected chi connectivity index (χ0v) is 11.1. The predicted octanol–water partition coefficient (Wildman–Crippen LogP) is 1.96. The number of fused-ring (bicyclic) bond motifs is 1. The molecule has 0 bridgehead atoms. The van der Waals surface area contributed by atoms with Crippen molar-refractivity contribution in [1.82, 2.24) is 4.90 Å². The van der Waals surface area contributed by atoms with Crippen LogP contribution in [0.3, 0.4) is 0 Å². The molecular weight excluding hydrogens is 260 g/mol. The van der Waals surface area contributed by atoms with E-state index in [1.165, 1.54) is 0 Å². The van der Waals surface area contributed by atoms with Crippen LogP contribution in [0.5, 0.6) is 0 Å². The van der Waals surface area contributed by atoms with Crippen molar-refractivity contribution in [1.29, 1.82) is 0 Å². The Kier molecular flexibility index (Phi) is 2.80. The van der Waals surface area contributed by atoms with Gasteiger partial charge in [0.05, 0.1) is 5.92 Å². The Bertz CT molecular complexity index is 432. The van der Waals surface area contributed by atoms with Crippen molar-refractivity contribution >= 4 is 12.1 Å². The second-order valence-corrected chi connectivity index (χ2v) is 6.13. The number of nitrogens with zero attached hydrogens (tertiary/aromatic N) is 1. The van der Waals surface area contributed by atoms with Crippen LogP contribution in [0.2, 0.25) is 0 Å². The van der Waals surface area contributed by atoms with Crippen molar-refractivity contribution in [3.8, 4) is 0 Å². The third-order valence-electron chi connectivity index (χ3n) is 3.76. The van der Waals surface area contributed by atoms with Crippen molar-refractivity contribution < 1.29 is 28.2 Å². The van der Waals surface area contributed by atoms with Crippen molar-refractivity contribution in [3.63, 3.8) is 0 Å². The third kappa shape index (κ3) is 1.95. The van der Waals surface area contributed by atoms with Crippen LogP contribution in [-0.2, 0) is 9.53 Å². The normalized spacial score (nSPS) is 32.5. The minimum Gasteiger partial charge on any atom is -0.481 e. The molecule has 0 aromatic heterocycles. The largest absolute Gasteiger partial charge is 0.481 e. The molecule has 19 heavy (non-hydrogen) atoms. The number of aliphatic carboxylic acids is 1. The molecule has 5 nitrogen and oxygen atoms in total. The summed E-state index contributed by atoms with van der Waals surface area (Å²) in [7, 11) is 0. The molecule has 108 valence electrons. The van der Waals surface area contributed by atoms with Gasteiger partial charge in [-0.1, -0.05) is 0 Å². The molecule has 7 heteroatoms. The highest BCUT2D eigenvalue weighted by atomic mass is 19.3. The monoisotopic (exact) mass is 277 g/mol. The summed E-state index contributed by atoms with van der Waals surface area (Å²) < 4.78 is 32.3. The standard InChI is InChI=1S/C12H17F2NO4/c1-10(2,3)19-9(18)15-5-4-11(8(16)17)7(6-15)12(11,13)14/h7H,4-6H2,1-3H3,(H,16,17)/t7-,11-/m0/s1. The van der Waals surface area contributed by atoms with Crippen LogP contribution in [0.1, 0.15) is 27.2 Å². The molecule has 0 aromatic rings. The first-order chi connectivity index (χ1) is 8.52. The summed E-state index contributed by atoms with van der Waals surface area (Å²) in [5.41, 5.74) is -2.68. The zero-order valence-electron chi connectivity index (χ0n) is 11.1. The lowest BCUT2D eigenvalue weighted by atomic mass is 9.95. The summed E-state index contributed by atoms with van der Waals surface area (Å²) in [5.74, 6) is -6.03. The molecule has 0 spiro atoms. The molecule has 1 saturated carbocycles. The van der Waals surface area contributed by atoms with Gasteiger partial charge in [-0.3, -0.25) is 4.79 Å². The van der Waals surface area contributed by atoms with E-state index >= 15 is 0 Å². The zero-order chi connectivity index (χ0) is 14.6. The van der Waals surface area contributed by atoms with Gasteiger partial charge in [0.2, 0.25) is 0 Å². The number of hydrogen-bond donors (Lipinski definition) is 1. The summed E-state index contributed by atoms with van der Waals surface area (Å²) >= 11 is 0. The quantitative estimate of drug-likeness (QED) is 0.795. The van der Waals surface area contributed by atoms with Crippen LogP contribution >= 0.6 is 0 Å². The molecule has 2 aliphatic rings. The highest BCUT2D eigenvalue weighted by Gasteiger charge is 2.86. The van der Waals surface area contributed by atoms with E-state index in [0.717, 1.165) is 4.90 Å². The average molecular weight is 277 g/mol. The van der Waals surface area contributed by atoms with E-state index in [1.807, 2.05) is 0 Å². The van der Waals surface area contributed by atoms with E-state index in [2.05, 4.69) is 0 Å². The molecule has 2 rings (SSSR count). The summed E-state index contributed by atoms with van der Waals surface area (Å²) in [6, 6.07) is 0. The van der Waals surface area contributed by atoms with Gasteiger partial charge in [0.25, 0.3) is 5.92 Å². The van der Waals surface area contributed by atoms with Crippen molar-refractivity contribution in [2.24, 2.45) is 11.3 Å². The molecule has 0 radical (unpaired) electrons. The Morgan fingerprint density at radius 3 is 2.37 bits per heavy atom. The summed E-state index contributed by atoms with van der Waals surface area (Å²) in [4.78, 5) is 24.0. The maximum absolute atomic E-state index is 13.6. The Morgan fingerprint density at radius 1 is 1.37 bits per heavy atom. The Balaban J connectivity index is 2.06. The van der Waals surface area contributed by atoms with Crippen LogP contribution in [0.4, 0.5) is 13.6 Å². The molecule has 2 fully saturated rings. The Hall–Kier alpha value is -1.40. The molecule has 0 unspecified atom stereocenters. The average Bonchev–Trinajstić information content (AvgIpc) is 2.74. The first kappa shape index (κ1) is 14.0. The van der Waals surface area contributed by atoms with Gasteiger partial charge in [0.1, 0.15) is 11.0 Å². The molecule has 1 N–H and O–H groups in total. The van der Waals surface area contributed by atoms with E-state index in [1.54, 1.807) is 20.8 Å². The first-order valence-electron chi connectivity index (χ1n) is 6.11. The lowest BCUT2D eigenvalue weighted by Gasteiger charge is -2.30. The highest BCUT2D eigenvalue weighted by Crippen LogP contribution is 2.69. The summed E-state index contributed by atoms with van der Waals surface area (Å²) in [5, 5.41) is 8.97. The van der Waals surface area contributed by atoms with E-state index in [0.29, 0.717) is 0 Å². The molecule has 1 amide bonds. The topological polar surface area (TPSA) is 66.8 Å². The maximum atomic E-state index is 13.6. The Morgan fingerprint density at radius 2 is 1.95 bits per heavy atom. The number of halogens is 2. The minimum atomic E-state index is -3.24. The smallest absolute Gasteiger partial charge is 0.410 e. The fourth-order valence-corrected chi connectivity index (χ4v) is 2.66. The number of hydrogen-bond acceptors (Lipinski definition) is 3. The fraction of sp³-hybridized carbons (Fsp3) is 0.833. The van der Waals surface area contributed by atoms with Gasteiger partial charge < -0.3 is 14.7 Å². The number of likely N-dealkylation sites (tertiary alicyclic amines) is 1.